The SMILES string of the molecule is CC(OCn1cncn1)O[Si](C)(C)C. The van der Waals surface area contributed by atoms with Gasteiger partial charge in [-0.15, -0.1) is 0 Å². The molecule has 1 atom stereocenters. The summed E-state index contributed by atoms with van der Waals surface area (Å²) in [4.78, 5) is 3.81. The van der Waals surface area contributed by atoms with Gasteiger partial charge in [0.15, 0.2) is 8.32 Å². The topological polar surface area (TPSA) is 49.2 Å². The van der Waals surface area contributed by atoms with Crippen LogP contribution >= 0.6 is 0 Å². The van der Waals surface area contributed by atoms with Crippen molar-refractivity contribution < 1.29 is 9.16 Å². The van der Waals surface area contributed by atoms with Crippen LogP contribution in [0.3, 0.4) is 0 Å². The van der Waals surface area contributed by atoms with E-state index in [1.54, 1.807) is 11.0 Å². The minimum atomic E-state index is -1.51. The summed E-state index contributed by atoms with van der Waals surface area (Å²) in [6.45, 7) is 8.66. The Balaban J connectivity index is 2.25. The lowest BCUT2D eigenvalue weighted by Gasteiger charge is -2.23. The minimum absolute atomic E-state index is 0.189. The van der Waals surface area contributed by atoms with E-state index in [1.165, 1.54) is 6.33 Å². The number of nitrogens with zero attached hydrogens (tertiary/aromatic N) is 3. The van der Waals surface area contributed by atoms with Gasteiger partial charge >= 0.3 is 0 Å². The van der Waals surface area contributed by atoms with E-state index in [4.69, 9.17) is 9.16 Å². The van der Waals surface area contributed by atoms with Crippen molar-refractivity contribution >= 4 is 8.32 Å². The lowest BCUT2D eigenvalue weighted by molar-refractivity contribution is -0.103. The van der Waals surface area contributed by atoms with Crippen LogP contribution in [0.5, 0.6) is 0 Å². The van der Waals surface area contributed by atoms with Crippen LogP contribution in [0.25, 0.3) is 0 Å². The standard InChI is InChI=1S/C8H17N3O2Si/c1-8(13-14(2,3)4)12-7-11-6-9-5-10-11/h5-6,8H,7H2,1-4H3. The van der Waals surface area contributed by atoms with E-state index < -0.39 is 8.32 Å². The lowest BCUT2D eigenvalue weighted by atomic mass is 10.8. The second-order valence-corrected chi connectivity index (χ2v) is 8.49. The molecule has 0 aliphatic carbocycles. The average molecular weight is 215 g/mol. The second-order valence-electron chi connectivity index (χ2n) is 4.03. The molecular formula is C8H17N3O2Si. The first-order valence-corrected chi connectivity index (χ1v) is 8.00. The molecule has 0 aliphatic heterocycles. The van der Waals surface area contributed by atoms with Crippen LogP contribution in [-0.4, -0.2) is 29.4 Å². The summed E-state index contributed by atoms with van der Waals surface area (Å²) < 4.78 is 12.7. The van der Waals surface area contributed by atoms with Crippen LogP contribution in [-0.2, 0) is 15.9 Å². The van der Waals surface area contributed by atoms with E-state index in [0.717, 1.165) is 0 Å². The first kappa shape index (κ1) is 11.4. The van der Waals surface area contributed by atoms with Crippen molar-refractivity contribution in [1.82, 2.24) is 14.8 Å². The summed E-state index contributed by atoms with van der Waals surface area (Å²) in [6.07, 6.45) is 2.90. The summed E-state index contributed by atoms with van der Waals surface area (Å²) >= 11 is 0. The Labute approximate surface area is 85.2 Å². The molecular weight excluding hydrogens is 198 g/mol. The first-order chi connectivity index (χ1) is 6.47. The predicted octanol–water partition coefficient (Wildman–Crippen LogP) is 1.45. The van der Waals surface area contributed by atoms with Crippen molar-refractivity contribution in [3.05, 3.63) is 12.7 Å². The highest BCUT2D eigenvalue weighted by atomic mass is 28.4. The summed E-state index contributed by atoms with van der Waals surface area (Å²) in [6, 6.07) is 0. The van der Waals surface area contributed by atoms with Crippen molar-refractivity contribution in [2.75, 3.05) is 0 Å². The Bertz CT molecular complexity index is 258. The number of hydrogen-bond donors (Lipinski definition) is 0. The fraction of sp³-hybridized carbons (Fsp3) is 0.750. The molecule has 0 bridgehead atoms. The zero-order chi connectivity index (χ0) is 10.6. The van der Waals surface area contributed by atoms with Crippen LogP contribution in [0.15, 0.2) is 12.7 Å². The van der Waals surface area contributed by atoms with Gasteiger partial charge in [0.1, 0.15) is 25.7 Å². The van der Waals surface area contributed by atoms with Crippen LogP contribution < -0.4 is 0 Å². The van der Waals surface area contributed by atoms with Gasteiger partial charge in [-0.05, 0) is 26.6 Å². The highest BCUT2D eigenvalue weighted by molar-refractivity contribution is 6.69. The normalized spacial score (nSPS) is 14.3. The third-order valence-corrected chi connectivity index (χ3v) is 2.47. The van der Waals surface area contributed by atoms with Crippen molar-refractivity contribution in [1.29, 1.82) is 0 Å². The summed E-state index contributed by atoms with van der Waals surface area (Å²) in [5.74, 6) is 0. The van der Waals surface area contributed by atoms with Crippen molar-refractivity contribution in [2.24, 2.45) is 0 Å². The van der Waals surface area contributed by atoms with E-state index in [0.29, 0.717) is 6.73 Å². The van der Waals surface area contributed by atoms with Crippen LogP contribution in [0, 0.1) is 0 Å². The molecule has 1 unspecified atom stereocenters. The molecule has 0 fully saturated rings. The van der Waals surface area contributed by atoms with Gasteiger partial charge in [-0.25, -0.2) is 9.67 Å². The van der Waals surface area contributed by atoms with Gasteiger partial charge in [0.2, 0.25) is 0 Å². The van der Waals surface area contributed by atoms with Gasteiger partial charge in [0.05, 0.1) is 0 Å². The van der Waals surface area contributed by atoms with Crippen molar-refractivity contribution in [3.8, 4) is 0 Å². The van der Waals surface area contributed by atoms with Gasteiger partial charge in [-0.2, -0.15) is 5.10 Å². The highest BCUT2D eigenvalue weighted by Crippen LogP contribution is 2.08. The molecule has 0 amide bonds. The van der Waals surface area contributed by atoms with Gasteiger partial charge < -0.3 is 9.16 Å². The smallest absolute Gasteiger partial charge is 0.187 e. The minimum Gasteiger partial charge on any atom is -0.393 e. The molecule has 5 nitrogen and oxygen atoms in total. The van der Waals surface area contributed by atoms with Crippen LogP contribution in [0.4, 0.5) is 0 Å². The van der Waals surface area contributed by atoms with E-state index in [-0.39, 0.29) is 6.29 Å². The lowest BCUT2D eigenvalue weighted by Crippen LogP contribution is -2.32. The maximum Gasteiger partial charge on any atom is 0.187 e. The van der Waals surface area contributed by atoms with E-state index in [2.05, 4.69) is 29.7 Å². The zero-order valence-electron chi connectivity index (χ0n) is 9.10. The molecule has 6 heteroatoms. The van der Waals surface area contributed by atoms with Gasteiger partial charge in [0.25, 0.3) is 0 Å². The maximum absolute atomic E-state index is 5.69. The molecule has 1 aromatic rings. The molecule has 80 valence electrons. The quantitative estimate of drug-likeness (QED) is 0.551. The molecule has 1 heterocycles. The summed E-state index contributed by atoms with van der Waals surface area (Å²) in [7, 11) is -1.51. The largest absolute Gasteiger partial charge is 0.393 e. The van der Waals surface area contributed by atoms with E-state index >= 15 is 0 Å². The fourth-order valence-corrected chi connectivity index (χ4v) is 2.08. The zero-order valence-corrected chi connectivity index (χ0v) is 10.1. The molecule has 0 spiro atoms. The number of aromatic nitrogens is 3. The molecule has 0 saturated heterocycles. The molecule has 0 N–H and O–H groups in total. The first-order valence-electron chi connectivity index (χ1n) is 4.59. The highest BCUT2D eigenvalue weighted by Gasteiger charge is 2.18. The maximum atomic E-state index is 5.69. The third kappa shape index (κ3) is 4.50. The molecule has 14 heavy (non-hydrogen) atoms. The average Bonchev–Trinajstić information content (AvgIpc) is 2.49. The van der Waals surface area contributed by atoms with Gasteiger partial charge in [-0.1, -0.05) is 0 Å². The Morgan fingerprint density at radius 2 is 2.14 bits per heavy atom. The summed E-state index contributed by atoms with van der Waals surface area (Å²) in [5.41, 5.74) is 0. The Morgan fingerprint density at radius 1 is 1.43 bits per heavy atom. The number of rotatable bonds is 5. The molecule has 1 rings (SSSR count). The Morgan fingerprint density at radius 3 is 2.64 bits per heavy atom. The second kappa shape index (κ2) is 4.67. The van der Waals surface area contributed by atoms with E-state index in [9.17, 15) is 0 Å². The van der Waals surface area contributed by atoms with E-state index in [1.807, 2.05) is 6.92 Å². The molecule has 0 aliphatic rings. The Kier molecular flexibility index (Phi) is 3.79. The molecule has 0 saturated carbocycles. The van der Waals surface area contributed by atoms with Crippen LogP contribution in [0.1, 0.15) is 6.92 Å². The molecule has 0 radical (unpaired) electrons. The Hall–Kier alpha value is -0.723. The van der Waals surface area contributed by atoms with Gasteiger partial charge in [-0.3, -0.25) is 0 Å². The molecule has 1 aromatic heterocycles. The number of hydrogen-bond acceptors (Lipinski definition) is 4. The predicted molar refractivity (Wildman–Crippen MR) is 55.0 cm³/mol. The van der Waals surface area contributed by atoms with Crippen LogP contribution in [0.2, 0.25) is 19.6 Å². The van der Waals surface area contributed by atoms with Crippen molar-refractivity contribution in [3.63, 3.8) is 0 Å². The van der Waals surface area contributed by atoms with Crippen molar-refractivity contribution in [2.45, 2.75) is 39.6 Å². The van der Waals surface area contributed by atoms with Gasteiger partial charge in [0, 0.05) is 0 Å². The third-order valence-electron chi connectivity index (χ3n) is 1.43. The molecule has 0 aromatic carbocycles. The number of ether oxygens (including phenoxy) is 1. The monoisotopic (exact) mass is 215 g/mol. The summed E-state index contributed by atoms with van der Waals surface area (Å²) in [5, 5.41) is 3.92. The fourth-order valence-electron chi connectivity index (χ4n) is 1.01.